The molecule has 1 saturated heterocycles. The topological polar surface area (TPSA) is 81.1 Å². The first-order chi connectivity index (χ1) is 9.50. The molecule has 0 aromatic carbocycles. The van der Waals surface area contributed by atoms with Gasteiger partial charge in [-0.3, -0.25) is 4.79 Å². The zero-order valence-electron chi connectivity index (χ0n) is 12.5. The van der Waals surface area contributed by atoms with E-state index in [9.17, 15) is 14.7 Å². The molecule has 0 spiro atoms. The molecular formula is C14H26N2O4. The van der Waals surface area contributed by atoms with E-state index >= 15 is 0 Å². The van der Waals surface area contributed by atoms with Crippen LogP contribution in [0.4, 0.5) is 4.79 Å². The Hall–Kier alpha value is -1.30. The maximum atomic E-state index is 12.4. The third-order valence-electron chi connectivity index (χ3n) is 4.22. The van der Waals surface area contributed by atoms with Crippen LogP contribution in [-0.2, 0) is 4.79 Å². The molecule has 2 N–H and O–H groups in total. The molecule has 1 unspecified atom stereocenters. The van der Waals surface area contributed by atoms with E-state index in [-0.39, 0.29) is 19.2 Å². The number of urea groups is 1. The Labute approximate surface area is 120 Å². The van der Waals surface area contributed by atoms with Crippen molar-refractivity contribution in [3.05, 3.63) is 0 Å². The third-order valence-corrected chi connectivity index (χ3v) is 4.22. The van der Waals surface area contributed by atoms with Gasteiger partial charge in [-0.2, -0.15) is 0 Å². The van der Waals surface area contributed by atoms with Gasteiger partial charge in [0, 0.05) is 32.8 Å². The number of amides is 2. The van der Waals surface area contributed by atoms with Crippen molar-refractivity contribution in [1.82, 2.24) is 9.80 Å². The van der Waals surface area contributed by atoms with Crippen molar-refractivity contribution in [1.29, 1.82) is 0 Å². The van der Waals surface area contributed by atoms with Crippen LogP contribution in [0.3, 0.4) is 0 Å². The van der Waals surface area contributed by atoms with Crippen LogP contribution in [0.2, 0.25) is 0 Å². The van der Waals surface area contributed by atoms with Crippen LogP contribution >= 0.6 is 0 Å². The van der Waals surface area contributed by atoms with E-state index in [0.717, 1.165) is 6.42 Å². The predicted octanol–water partition coefficient (Wildman–Crippen LogP) is 1.39. The lowest BCUT2D eigenvalue weighted by Gasteiger charge is -2.41. The van der Waals surface area contributed by atoms with Crippen LogP contribution in [0.15, 0.2) is 0 Å². The summed E-state index contributed by atoms with van der Waals surface area (Å²) in [7, 11) is 0. The fourth-order valence-corrected chi connectivity index (χ4v) is 2.76. The smallest absolute Gasteiger partial charge is 0.320 e. The summed E-state index contributed by atoms with van der Waals surface area (Å²) in [5.74, 6) is -0.809. The highest BCUT2D eigenvalue weighted by Crippen LogP contribution is 2.34. The Bertz CT molecular complexity index is 348. The van der Waals surface area contributed by atoms with E-state index in [1.165, 1.54) is 0 Å². The third kappa shape index (κ3) is 3.62. The molecule has 1 heterocycles. The number of piperidine rings is 1. The Morgan fingerprint density at radius 1 is 1.35 bits per heavy atom. The van der Waals surface area contributed by atoms with Gasteiger partial charge in [0.25, 0.3) is 0 Å². The van der Waals surface area contributed by atoms with Crippen molar-refractivity contribution >= 4 is 12.0 Å². The zero-order valence-corrected chi connectivity index (χ0v) is 12.5. The molecule has 1 atom stereocenters. The summed E-state index contributed by atoms with van der Waals surface area (Å²) in [5, 5.41) is 18.3. The molecular weight excluding hydrogens is 260 g/mol. The largest absolute Gasteiger partial charge is 0.481 e. The highest BCUT2D eigenvalue weighted by molar-refractivity contribution is 5.78. The number of carboxylic acids is 1. The second kappa shape index (κ2) is 7.47. The molecule has 1 fully saturated rings. The van der Waals surface area contributed by atoms with Crippen molar-refractivity contribution in [2.75, 3.05) is 32.8 Å². The predicted molar refractivity (Wildman–Crippen MR) is 75.5 cm³/mol. The SMILES string of the molecule is CCN(CCCO)C(=O)N1CCCC(CC)(C(=O)O)C1. The summed E-state index contributed by atoms with van der Waals surface area (Å²) in [6.45, 7) is 5.79. The van der Waals surface area contributed by atoms with Crippen LogP contribution in [0.5, 0.6) is 0 Å². The minimum absolute atomic E-state index is 0.0534. The van der Waals surface area contributed by atoms with Gasteiger partial charge in [0.2, 0.25) is 0 Å². The second-order valence-corrected chi connectivity index (χ2v) is 5.40. The minimum atomic E-state index is -0.809. The lowest BCUT2D eigenvalue weighted by atomic mass is 9.78. The summed E-state index contributed by atoms with van der Waals surface area (Å²) in [6, 6.07) is -0.111. The van der Waals surface area contributed by atoms with Gasteiger partial charge in [-0.05, 0) is 32.6 Å². The van der Waals surface area contributed by atoms with Gasteiger partial charge in [-0.15, -0.1) is 0 Å². The van der Waals surface area contributed by atoms with E-state index in [2.05, 4.69) is 0 Å². The van der Waals surface area contributed by atoms with Gasteiger partial charge in [0.05, 0.1) is 5.41 Å². The maximum absolute atomic E-state index is 12.4. The maximum Gasteiger partial charge on any atom is 0.320 e. The van der Waals surface area contributed by atoms with Crippen LogP contribution in [0.1, 0.15) is 39.5 Å². The van der Waals surface area contributed by atoms with Crippen molar-refractivity contribution in [3.8, 4) is 0 Å². The molecule has 6 heteroatoms. The fraction of sp³-hybridized carbons (Fsp3) is 0.857. The summed E-state index contributed by atoms with van der Waals surface area (Å²) in [5.41, 5.74) is -0.801. The summed E-state index contributed by atoms with van der Waals surface area (Å²) in [4.78, 5) is 27.3. The standard InChI is InChI=1S/C14H26N2O4/c1-3-14(12(18)19)7-5-8-16(11-14)13(20)15(4-2)9-6-10-17/h17H,3-11H2,1-2H3,(H,18,19). The van der Waals surface area contributed by atoms with E-state index < -0.39 is 11.4 Å². The van der Waals surface area contributed by atoms with Crippen molar-refractivity contribution in [3.63, 3.8) is 0 Å². The molecule has 2 amide bonds. The molecule has 1 aliphatic rings. The number of aliphatic hydroxyl groups excluding tert-OH is 1. The lowest BCUT2D eigenvalue weighted by molar-refractivity contribution is -0.152. The van der Waals surface area contributed by atoms with Gasteiger partial charge in [0.1, 0.15) is 0 Å². The molecule has 116 valence electrons. The molecule has 0 aromatic rings. The van der Waals surface area contributed by atoms with Gasteiger partial charge in [-0.25, -0.2) is 4.79 Å². The highest BCUT2D eigenvalue weighted by Gasteiger charge is 2.42. The van der Waals surface area contributed by atoms with Gasteiger partial charge in [0.15, 0.2) is 0 Å². The molecule has 1 aliphatic heterocycles. The average Bonchev–Trinajstić information content (AvgIpc) is 2.47. The van der Waals surface area contributed by atoms with E-state index in [1.54, 1.807) is 9.80 Å². The molecule has 0 radical (unpaired) electrons. The minimum Gasteiger partial charge on any atom is -0.481 e. The van der Waals surface area contributed by atoms with Gasteiger partial charge >= 0.3 is 12.0 Å². The second-order valence-electron chi connectivity index (χ2n) is 5.40. The normalized spacial score (nSPS) is 22.6. The number of hydrogen-bond acceptors (Lipinski definition) is 3. The van der Waals surface area contributed by atoms with Crippen LogP contribution in [0.25, 0.3) is 0 Å². The average molecular weight is 286 g/mol. The van der Waals surface area contributed by atoms with Crippen molar-refractivity contribution in [2.45, 2.75) is 39.5 Å². The molecule has 0 aliphatic carbocycles. The lowest BCUT2D eigenvalue weighted by Crippen LogP contribution is -2.53. The van der Waals surface area contributed by atoms with Gasteiger partial charge in [-0.1, -0.05) is 6.92 Å². The number of likely N-dealkylation sites (tertiary alicyclic amines) is 1. The number of carbonyl (C=O) groups excluding carboxylic acids is 1. The van der Waals surface area contributed by atoms with Crippen molar-refractivity contribution in [2.24, 2.45) is 5.41 Å². The first kappa shape index (κ1) is 16.8. The summed E-state index contributed by atoms with van der Waals surface area (Å²) in [6.07, 6.45) is 2.44. The van der Waals surface area contributed by atoms with E-state index in [4.69, 9.17) is 5.11 Å². The number of carbonyl (C=O) groups is 2. The van der Waals surface area contributed by atoms with E-state index in [1.807, 2.05) is 13.8 Å². The number of carboxylic acid groups (broad SMARTS) is 1. The Morgan fingerprint density at radius 3 is 2.55 bits per heavy atom. The first-order valence-electron chi connectivity index (χ1n) is 7.39. The quantitative estimate of drug-likeness (QED) is 0.773. The molecule has 20 heavy (non-hydrogen) atoms. The van der Waals surface area contributed by atoms with Crippen molar-refractivity contribution < 1.29 is 19.8 Å². The van der Waals surface area contributed by atoms with Crippen LogP contribution in [0, 0.1) is 5.41 Å². The molecule has 0 aromatic heterocycles. The Morgan fingerprint density at radius 2 is 2.05 bits per heavy atom. The summed E-state index contributed by atoms with van der Waals surface area (Å²) < 4.78 is 0. The van der Waals surface area contributed by atoms with Gasteiger partial charge < -0.3 is 20.0 Å². The summed E-state index contributed by atoms with van der Waals surface area (Å²) >= 11 is 0. The van der Waals surface area contributed by atoms with Crippen LogP contribution in [-0.4, -0.2) is 64.8 Å². The number of aliphatic carboxylic acids is 1. The number of nitrogens with zero attached hydrogens (tertiary/aromatic N) is 2. The molecule has 1 rings (SSSR count). The van der Waals surface area contributed by atoms with E-state index in [0.29, 0.717) is 38.9 Å². The Balaban J connectivity index is 2.74. The van der Waals surface area contributed by atoms with Crippen LogP contribution < -0.4 is 0 Å². The molecule has 6 nitrogen and oxygen atoms in total. The highest BCUT2D eigenvalue weighted by atomic mass is 16.4. The number of rotatable bonds is 6. The Kier molecular flexibility index (Phi) is 6.26. The number of hydrogen-bond donors (Lipinski definition) is 2. The monoisotopic (exact) mass is 286 g/mol. The molecule has 0 bridgehead atoms. The fourth-order valence-electron chi connectivity index (χ4n) is 2.76. The first-order valence-corrected chi connectivity index (χ1v) is 7.39. The molecule has 0 saturated carbocycles. The number of aliphatic hydroxyl groups is 1. The zero-order chi connectivity index (χ0) is 15.2.